The Morgan fingerprint density at radius 3 is 2.40 bits per heavy atom. The minimum Gasteiger partial charge on any atom is -0.484 e. The lowest BCUT2D eigenvalue weighted by Crippen LogP contribution is -2.36. The molecular weight excluding hydrogens is 378 g/mol. The number of anilines is 1. The van der Waals surface area contributed by atoms with Crippen LogP contribution in [0.2, 0.25) is 0 Å². The fourth-order valence-corrected chi connectivity index (χ4v) is 3.63. The summed E-state index contributed by atoms with van der Waals surface area (Å²) >= 11 is 0. The smallest absolute Gasteiger partial charge is 0.258 e. The van der Waals surface area contributed by atoms with Crippen LogP contribution in [0.15, 0.2) is 48.5 Å². The summed E-state index contributed by atoms with van der Waals surface area (Å²) in [4.78, 5) is 28.0. The van der Waals surface area contributed by atoms with Crippen LogP contribution in [0.1, 0.15) is 36.9 Å². The molecule has 1 saturated heterocycles. The summed E-state index contributed by atoms with van der Waals surface area (Å²) in [5.41, 5.74) is 3.34. The number of carbonyl (C=O) groups excluding carboxylic acids is 2. The maximum atomic E-state index is 12.3. The highest BCUT2D eigenvalue weighted by atomic mass is 16.5. The van der Waals surface area contributed by atoms with Crippen molar-refractivity contribution < 1.29 is 14.3 Å². The number of benzene rings is 2. The van der Waals surface area contributed by atoms with Gasteiger partial charge in [-0.2, -0.15) is 0 Å². The van der Waals surface area contributed by atoms with Crippen molar-refractivity contribution in [2.75, 3.05) is 38.7 Å². The van der Waals surface area contributed by atoms with Crippen LogP contribution in [0.3, 0.4) is 0 Å². The van der Waals surface area contributed by atoms with Gasteiger partial charge in [-0.25, -0.2) is 0 Å². The number of amides is 2. The first kappa shape index (κ1) is 21.8. The molecule has 1 atom stereocenters. The van der Waals surface area contributed by atoms with Crippen molar-refractivity contribution >= 4 is 17.5 Å². The van der Waals surface area contributed by atoms with Gasteiger partial charge in [-0.1, -0.05) is 31.2 Å². The molecule has 1 aliphatic heterocycles. The van der Waals surface area contributed by atoms with Crippen molar-refractivity contribution in [3.05, 3.63) is 59.7 Å². The maximum absolute atomic E-state index is 12.3. The third-order valence-electron chi connectivity index (χ3n) is 5.48. The van der Waals surface area contributed by atoms with E-state index in [0.717, 1.165) is 25.1 Å². The number of likely N-dealkylation sites (N-methyl/N-ethyl adjacent to an activating group) is 1. The van der Waals surface area contributed by atoms with Crippen LogP contribution in [0, 0.1) is 0 Å². The molecule has 0 radical (unpaired) electrons. The number of rotatable bonds is 9. The number of aryl methyl sites for hydroxylation is 1. The van der Waals surface area contributed by atoms with E-state index in [0.29, 0.717) is 18.7 Å². The highest BCUT2D eigenvalue weighted by Crippen LogP contribution is 2.24. The second-order valence-electron chi connectivity index (χ2n) is 7.81. The average molecular weight is 410 g/mol. The Balaban J connectivity index is 1.49. The minimum absolute atomic E-state index is 0.0447. The average Bonchev–Trinajstić information content (AvgIpc) is 3.19. The molecule has 0 aliphatic carbocycles. The number of hydrogen-bond acceptors (Lipinski definition) is 4. The monoisotopic (exact) mass is 409 g/mol. The second kappa shape index (κ2) is 10.3. The van der Waals surface area contributed by atoms with E-state index >= 15 is 0 Å². The third-order valence-corrected chi connectivity index (χ3v) is 5.48. The minimum atomic E-state index is -0.161. The number of carbonyl (C=O) groups is 2. The predicted molar refractivity (Wildman–Crippen MR) is 119 cm³/mol. The molecule has 2 aromatic rings. The summed E-state index contributed by atoms with van der Waals surface area (Å²) in [6.45, 7) is 3.36. The normalized spacial score (nSPS) is 14.8. The fraction of sp³-hybridized carbons (Fsp3) is 0.417. The van der Waals surface area contributed by atoms with Crippen LogP contribution in [-0.4, -0.2) is 50.5 Å². The van der Waals surface area contributed by atoms with Crippen LogP contribution >= 0.6 is 0 Å². The SMILES string of the molecule is CCc1ccc([C@H](CNC(=O)COc2ccc(N3CCCC3=O)cc2)N(C)C)cc1. The van der Waals surface area contributed by atoms with Gasteiger partial charge >= 0.3 is 0 Å². The molecule has 0 spiro atoms. The van der Waals surface area contributed by atoms with Gasteiger partial charge in [-0.15, -0.1) is 0 Å². The number of hydrogen-bond donors (Lipinski definition) is 1. The summed E-state index contributed by atoms with van der Waals surface area (Å²) in [5.74, 6) is 0.605. The van der Waals surface area contributed by atoms with E-state index in [9.17, 15) is 9.59 Å². The molecule has 6 nitrogen and oxygen atoms in total. The standard InChI is InChI=1S/C24H31N3O3/c1-4-18-7-9-19(10-8-18)22(26(2)3)16-25-23(28)17-30-21-13-11-20(12-14-21)27-15-5-6-24(27)29/h7-14,22H,4-6,15-17H2,1-3H3,(H,25,28)/t22-/m0/s1. The van der Waals surface area contributed by atoms with Crippen molar-refractivity contribution in [2.45, 2.75) is 32.2 Å². The first-order chi connectivity index (χ1) is 14.5. The van der Waals surface area contributed by atoms with Gasteiger partial charge in [-0.05, 0) is 62.3 Å². The van der Waals surface area contributed by atoms with E-state index in [2.05, 4.69) is 41.4 Å². The Morgan fingerprint density at radius 1 is 1.13 bits per heavy atom. The molecule has 1 N–H and O–H groups in total. The molecule has 1 heterocycles. The van der Waals surface area contributed by atoms with Gasteiger partial charge in [0.2, 0.25) is 5.91 Å². The molecule has 6 heteroatoms. The van der Waals surface area contributed by atoms with Gasteiger partial charge < -0.3 is 19.9 Å². The lowest BCUT2D eigenvalue weighted by atomic mass is 10.0. The van der Waals surface area contributed by atoms with Crippen LogP contribution in [-0.2, 0) is 16.0 Å². The van der Waals surface area contributed by atoms with Gasteiger partial charge in [0, 0.05) is 25.2 Å². The van der Waals surface area contributed by atoms with Gasteiger partial charge in [0.15, 0.2) is 6.61 Å². The zero-order valence-corrected chi connectivity index (χ0v) is 18.1. The predicted octanol–water partition coefficient (Wildman–Crippen LogP) is 3.17. The van der Waals surface area contributed by atoms with E-state index in [4.69, 9.17) is 4.74 Å². The zero-order valence-electron chi connectivity index (χ0n) is 18.1. The highest BCUT2D eigenvalue weighted by molar-refractivity contribution is 5.95. The van der Waals surface area contributed by atoms with Gasteiger partial charge in [0.05, 0.1) is 6.04 Å². The fourth-order valence-electron chi connectivity index (χ4n) is 3.63. The van der Waals surface area contributed by atoms with Crippen molar-refractivity contribution in [1.82, 2.24) is 10.2 Å². The van der Waals surface area contributed by atoms with E-state index in [1.807, 2.05) is 26.2 Å². The van der Waals surface area contributed by atoms with E-state index in [-0.39, 0.29) is 24.5 Å². The molecule has 30 heavy (non-hydrogen) atoms. The summed E-state index contributed by atoms with van der Waals surface area (Å²) in [7, 11) is 4.02. The van der Waals surface area contributed by atoms with Crippen molar-refractivity contribution in [2.24, 2.45) is 0 Å². The van der Waals surface area contributed by atoms with Crippen LogP contribution < -0.4 is 15.0 Å². The number of ether oxygens (including phenoxy) is 1. The number of nitrogens with one attached hydrogen (secondary N) is 1. The van der Waals surface area contributed by atoms with Gasteiger partial charge in [0.1, 0.15) is 5.75 Å². The van der Waals surface area contributed by atoms with Gasteiger partial charge in [0.25, 0.3) is 5.91 Å². The Morgan fingerprint density at radius 2 is 1.83 bits per heavy atom. The molecule has 3 rings (SSSR count). The molecule has 1 fully saturated rings. The molecule has 0 unspecified atom stereocenters. The van der Waals surface area contributed by atoms with Gasteiger partial charge in [-0.3, -0.25) is 9.59 Å². The maximum Gasteiger partial charge on any atom is 0.258 e. The van der Waals surface area contributed by atoms with Crippen molar-refractivity contribution in [1.29, 1.82) is 0 Å². The molecule has 160 valence electrons. The van der Waals surface area contributed by atoms with Crippen LogP contribution in [0.5, 0.6) is 5.75 Å². The molecule has 0 bridgehead atoms. The Bertz CT molecular complexity index is 847. The van der Waals surface area contributed by atoms with Crippen LogP contribution in [0.25, 0.3) is 0 Å². The first-order valence-electron chi connectivity index (χ1n) is 10.5. The Hall–Kier alpha value is -2.86. The van der Waals surface area contributed by atoms with E-state index in [1.54, 1.807) is 17.0 Å². The summed E-state index contributed by atoms with van der Waals surface area (Å²) in [5, 5.41) is 2.96. The Kier molecular flexibility index (Phi) is 7.46. The summed E-state index contributed by atoms with van der Waals surface area (Å²) < 4.78 is 5.61. The highest BCUT2D eigenvalue weighted by Gasteiger charge is 2.21. The van der Waals surface area contributed by atoms with Crippen molar-refractivity contribution in [3.8, 4) is 5.75 Å². The molecule has 0 saturated carbocycles. The third kappa shape index (κ3) is 5.60. The Labute approximate surface area is 178 Å². The molecule has 1 aliphatic rings. The molecular formula is C24H31N3O3. The summed E-state index contributed by atoms with van der Waals surface area (Å²) in [6, 6.07) is 15.9. The van der Waals surface area contributed by atoms with Crippen LogP contribution in [0.4, 0.5) is 5.69 Å². The molecule has 2 aromatic carbocycles. The zero-order chi connectivity index (χ0) is 21.5. The largest absolute Gasteiger partial charge is 0.484 e. The lowest BCUT2D eigenvalue weighted by molar-refractivity contribution is -0.123. The second-order valence-corrected chi connectivity index (χ2v) is 7.81. The number of nitrogens with zero attached hydrogens (tertiary/aromatic N) is 2. The van der Waals surface area contributed by atoms with E-state index < -0.39 is 0 Å². The quantitative estimate of drug-likeness (QED) is 0.691. The topological polar surface area (TPSA) is 61.9 Å². The first-order valence-corrected chi connectivity index (χ1v) is 10.5. The van der Waals surface area contributed by atoms with E-state index in [1.165, 1.54) is 11.1 Å². The molecule has 0 aromatic heterocycles. The summed E-state index contributed by atoms with van der Waals surface area (Å²) in [6.07, 6.45) is 2.51. The van der Waals surface area contributed by atoms with Crippen molar-refractivity contribution in [3.63, 3.8) is 0 Å². The lowest BCUT2D eigenvalue weighted by Gasteiger charge is -2.25. The molecule has 2 amide bonds.